The Morgan fingerprint density at radius 2 is 1.52 bits per heavy atom. The van der Waals surface area contributed by atoms with Gasteiger partial charge in [-0.15, -0.1) is 0 Å². The van der Waals surface area contributed by atoms with Crippen molar-refractivity contribution in [3.63, 3.8) is 0 Å². The summed E-state index contributed by atoms with van der Waals surface area (Å²) in [6.45, 7) is 0.598. The second kappa shape index (κ2) is 7.96. The van der Waals surface area contributed by atoms with Crippen LogP contribution in [0.2, 0.25) is 0 Å². The third kappa shape index (κ3) is 4.69. The zero-order chi connectivity index (χ0) is 15.9. The lowest BCUT2D eigenvalue weighted by molar-refractivity contribution is -0.144. The maximum atomic E-state index is 12.0. The number of esters is 1. The van der Waals surface area contributed by atoms with Gasteiger partial charge in [0.05, 0.1) is 13.0 Å². The van der Waals surface area contributed by atoms with Crippen molar-refractivity contribution in [1.82, 2.24) is 0 Å². The molecule has 1 aliphatic carbocycles. The number of benzene rings is 2. The molecule has 2 aromatic carbocycles. The van der Waals surface area contributed by atoms with Gasteiger partial charge in [0.2, 0.25) is 0 Å². The Balaban J connectivity index is 1.50. The van der Waals surface area contributed by atoms with Gasteiger partial charge in [-0.3, -0.25) is 4.79 Å². The van der Waals surface area contributed by atoms with Crippen LogP contribution in [0.3, 0.4) is 0 Å². The molecule has 0 atom stereocenters. The van der Waals surface area contributed by atoms with Crippen LogP contribution in [-0.4, -0.2) is 12.6 Å². The summed E-state index contributed by atoms with van der Waals surface area (Å²) in [6.07, 6.45) is 6.67. The first-order valence-electron chi connectivity index (χ1n) is 8.61. The van der Waals surface area contributed by atoms with Gasteiger partial charge in [-0.2, -0.15) is 0 Å². The monoisotopic (exact) mass is 308 g/mol. The number of carbonyl (C=O) groups is 1. The highest BCUT2D eigenvalue weighted by Crippen LogP contribution is 2.24. The van der Waals surface area contributed by atoms with Crippen LogP contribution in [0.15, 0.2) is 54.6 Å². The van der Waals surface area contributed by atoms with Gasteiger partial charge in [0, 0.05) is 0 Å². The summed E-state index contributed by atoms with van der Waals surface area (Å²) in [4.78, 5) is 12.0. The molecule has 0 aromatic heterocycles. The zero-order valence-corrected chi connectivity index (χ0v) is 13.5. The Hall–Kier alpha value is -2.09. The molecular weight excluding hydrogens is 284 g/mol. The number of rotatable bonds is 5. The Bertz CT molecular complexity index is 610. The highest BCUT2D eigenvalue weighted by Gasteiger charge is 2.15. The first-order chi connectivity index (χ1) is 11.3. The normalized spacial score (nSPS) is 15.3. The molecule has 0 amide bonds. The first-order valence-corrected chi connectivity index (χ1v) is 8.61. The van der Waals surface area contributed by atoms with E-state index in [2.05, 4.69) is 24.3 Å². The van der Waals surface area contributed by atoms with E-state index in [1.807, 2.05) is 30.3 Å². The van der Waals surface area contributed by atoms with Crippen molar-refractivity contribution in [1.29, 1.82) is 0 Å². The van der Waals surface area contributed by atoms with Crippen molar-refractivity contribution in [2.75, 3.05) is 6.61 Å². The van der Waals surface area contributed by atoms with Crippen LogP contribution in [0.4, 0.5) is 0 Å². The molecular formula is C21H24O2. The smallest absolute Gasteiger partial charge is 0.310 e. The summed E-state index contributed by atoms with van der Waals surface area (Å²) in [7, 11) is 0. The number of carbonyl (C=O) groups excluding carboxylic acids is 1. The standard InChI is InChI=1S/C21H24O2/c22-21(23-16-18-7-3-1-4-8-18)15-17-11-13-20(14-12-17)19-9-5-2-6-10-19/h2,5-6,9-14,18H,1,3-4,7-8,15-16H2. The Labute approximate surface area is 138 Å². The lowest BCUT2D eigenvalue weighted by Gasteiger charge is -2.21. The predicted molar refractivity (Wildman–Crippen MR) is 93.1 cm³/mol. The molecule has 0 radical (unpaired) electrons. The van der Waals surface area contributed by atoms with Crippen molar-refractivity contribution >= 4 is 5.97 Å². The lowest BCUT2D eigenvalue weighted by atomic mass is 9.90. The van der Waals surface area contributed by atoms with E-state index in [0.717, 1.165) is 5.56 Å². The highest BCUT2D eigenvalue weighted by molar-refractivity contribution is 5.73. The Morgan fingerprint density at radius 1 is 0.870 bits per heavy atom. The number of ether oxygens (including phenoxy) is 1. The van der Waals surface area contributed by atoms with Gasteiger partial charge < -0.3 is 4.74 Å². The van der Waals surface area contributed by atoms with E-state index < -0.39 is 0 Å². The Kier molecular flexibility index (Phi) is 5.46. The number of hydrogen-bond donors (Lipinski definition) is 0. The molecule has 0 spiro atoms. The van der Waals surface area contributed by atoms with E-state index in [1.165, 1.54) is 43.2 Å². The van der Waals surface area contributed by atoms with Crippen molar-refractivity contribution in [3.8, 4) is 11.1 Å². The first kappa shape index (κ1) is 15.8. The van der Waals surface area contributed by atoms with Crippen LogP contribution in [-0.2, 0) is 16.0 Å². The molecule has 23 heavy (non-hydrogen) atoms. The van der Waals surface area contributed by atoms with Crippen LogP contribution in [0.1, 0.15) is 37.7 Å². The molecule has 120 valence electrons. The van der Waals surface area contributed by atoms with Crippen LogP contribution in [0, 0.1) is 5.92 Å². The van der Waals surface area contributed by atoms with Crippen molar-refractivity contribution in [2.24, 2.45) is 5.92 Å². The molecule has 2 nitrogen and oxygen atoms in total. The molecule has 0 unspecified atom stereocenters. The van der Waals surface area contributed by atoms with E-state index in [0.29, 0.717) is 18.9 Å². The Morgan fingerprint density at radius 3 is 2.22 bits per heavy atom. The number of hydrogen-bond acceptors (Lipinski definition) is 2. The maximum absolute atomic E-state index is 12.0. The quantitative estimate of drug-likeness (QED) is 0.725. The van der Waals surface area contributed by atoms with Gasteiger partial charge >= 0.3 is 5.97 Å². The molecule has 0 N–H and O–H groups in total. The summed E-state index contributed by atoms with van der Waals surface area (Å²) in [5, 5.41) is 0. The topological polar surface area (TPSA) is 26.3 Å². The van der Waals surface area contributed by atoms with Gasteiger partial charge in [-0.1, -0.05) is 73.9 Å². The molecule has 0 saturated heterocycles. The van der Waals surface area contributed by atoms with Crippen LogP contribution < -0.4 is 0 Å². The second-order valence-electron chi connectivity index (χ2n) is 6.43. The SMILES string of the molecule is O=C(Cc1ccc(-c2ccccc2)cc1)OCC1CCCCC1. The van der Waals surface area contributed by atoms with Gasteiger partial charge in [0.25, 0.3) is 0 Å². The fraction of sp³-hybridized carbons (Fsp3) is 0.381. The summed E-state index contributed by atoms with van der Waals surface area (Å²) in [5.74, 6) is 0.469. The third-order valence-electron chi connectivity index (χ3n) is 4.61. The van der Waals surface area contributed by atoms with Gasteiger partial charge in [-0.05, 0) is 35.4 Å². The van der Waals surface area contributed by atoms with E-state index in [9.17, 15) is 4.79 Å². The minimum Gasteiger partial charge on any atom is -0.465 e. The molecule has 2 heteroatoms. The van der Waals surface area contributed by atoms with Gasteiger partial charge in [-0.25, -0.2) is 0 Å². The average molecular weight is 308 g/mol. The summed E-state index contributed by atoms with van der Waals surface area (Å²) in [5.41, 5.74) is 3.38. The fourth-order valence-corrected chi connectivity index (χ4v) is 3.23. The predicted octanol–water partition coefficient (Wildman–Crippen LogP) is 5.02. The summed E-state index contributed by atoms with van der Waals surface area (Å²) < 4.78 is 5.46. The van der Waals surface area contributed by atoms with Gasteiger partial charge in [0.15, 0.2) is 0 Å². The molecule has 0 heterocycles. The van der Waals surface area contributed by atoms with Crippen molar-refractivity contribution < 1.29 is 9.53 Å². The average Bonchev–Trinajstić information content (AvgIpc) is 2.62. The van der Waals surface area contributed by atoms with E-state index >= 15 is 0 Å². The molecule has 1 aliphatic rings. The summed E-state index contributed by atoms with van der Waals surface area (Å²) >= 11 is 0. The molecule has 1 saturated carbocycles. The third-order valence-corrected chi connectivity index (χ3v) is 4.61. The van der Waals surface area contributed by atoms with Crippen LogP contribution in [0.25, 0.3) is 11.1 Å². The van der Waals surface area contributed by atoms with Gasteiger partial charge in [0.1, 0.15) is 0 Å². The largest absolute Gasteiger partial charge is 0.465 e. The second-order valence-corrected chi connectivity index (χ2v) is 6.43. The van der Waals surface area contributed by atoms with Crippen LogP contribution >= 0.6 is 0 Å². The molecule has 2 aromatic rings. The molecule has 0 aliphatic heterocycles. The van der Waals surface area contributed by atoms with E-state index in [4.69, 9.17) is 4.74 Å². The molecule has 1 fully saturated rings. The molecule has 0 bridgehead atoms. The maximum Gasteiger partial charge on any atom is 0.310 e. The zero-order valence-electron chi connectivity index (χ0n) is 13.5. The van der Waals surface area contributed by atoms with E-state index in [1.54, 1.807) is 0 Å². The van der Waals surface area contributed by atoms with Crippen molar-refractivity contribution in [3.05, 3.63) is 60.2 Å². The lowest BCUT2D eigenvalue weighted by Crippen LogP contribution is -2.17. The fourth-order valence-electron chi connectivity index (χ4n) is 3.23. The van der Waals surface area contributed by atoms with Crippen molar-refractivity contribution in [2.45, 2.75) is 38.5 Å². The summed E-state index contributed by atoms with van der Waals surface area (Å²) in [6, 6.07) is 18.4. The highest BCUT2D eigenvalue weighted by atomic mass is 16.5. The van der Waals surface area contributed by atoms with E-state index in [-0.39, 0.29) is 5.97 Å². The minimum absolute atomic E-state index is 0.108. The minimum atomic E-state index is -0.108. The van der Waals surface area contributed by atoms with Crippen LogP contribution in [0.5, 0.6) is 0 Å². The molecule has 3 rings (SSSR count).